The molecule has 12 nitrogen and oxygen atoms in total. The van der Waals surface area contributed by atoms with Gasteiger partial charge in [-0.25, -0.2) is 4.72 Å². The molecular formula is C45H71N5O7S. The van der Waals surface area contributed by atoms with Gasteiger partial charge in [0.05, 0.1) is 23.4 Å². The first-order valence-corrected chi connectivity index (χ1v) is 23.9. The zero-order valence-corrected chi connectivity index (χ0v) is 37.2. The van der Waals surface area contributed by atoms with E-state index in [-0.39, 0.29) is 70.2 Å². The summed E-state index contributed by atoms with van der Waals surface area (Å²) in [5.41, 5.74) is -2.20. The fraction of sp³-hybridized carbons (Fsp3) is 0.844. The first kappa shape index (κ1) is 43.4. The molecule has 0 aromatic heterocycles. The lowest BCUT2D eigenvalue weighted by atomic mass is 9.73. The molecule has 13 heteroatoms. The number of Topliss-reactive ketones (excluding diaryl/α,β-unsaturated/α-hetero) is 2. The van der Waals surface area contributed by atoms with Crippen molar-refractivity contribution in [3.8, 4) is 0 Å². The molecule has 4 saturated carbocycles. The van der Waals surface area contributed by atoms with Gasteiger partial charge in [0.1, 0.15) is 0 Å². The van der Waals surface area contributed by atoms with Gasteiger partial charge in [-0.15, -0.1) is 6.58 Å². The maximum Gasteiger partial charge on any atom is 0.303 e. The Morgan fingerprint density at radius 2 is 1.53 bits per heavy atom. The van der Waals surface area contributed by atoms with Crippen molar-refractivity contribution >= 4 is 39.5 Å². The quantitative estimate of drug-likeness (QED) is 0.208. The monoisotopic (exact) mass is 826 g/mol. The molecular weight excluding hydrogens is 755 g/mol. The summed E-state index contributed by atoms with van der Waals surface area (Å²) >= 11 is 0. The zero-order chi connectivity index (χ0) is 42.2. The van der Waals surface area contributed by atoms with Gasteiger partial charge < -0.3 is 10.2 Å². The second-order valence-electron chi connectivity index (χ2n) is 21.4. The minimum absolute atomic E-state index is 0.0188. The van der Waals surface area contributed by atoms with Crippen molar-refractivity contribution in [1.82, 2.24) is 24.1 Å². The van der Waals surface area contributed by atoms with Crippen LogP contribution in [0.15, 0.2) is 12.7 Å². The molecule has 3 amide bonds. The van der Waals surface area contributed by atoms with Crippen molar-refractivity contribution in [2.24, 2.45) is 50.7 Å². The van der Waals surface area contributed by atoms with E-state index in [4.69, 9.17) is 0 Å². The summed E-state index contributed by atoms with van der Waals surface area (Å²) in [7, 11) is -4.06. The smallest absolute Gasteiger partial charge is 0.303 e. The summed E-state index contributed by atoms with van der Waals surface area (Å²) in [6.07, 6.45) is 11.7. The molecule has 324 valence electrons. The molecule has 7 aliphatic rings. The Labute approximate surface area is 347 Å². The van der Waals surface area contributed by atoms with Crippen LogP contribution in [-0.2, 0) is 34.2 Å². The highest BCUT2D eigenvalue weighted by atomic mass is 32.2. The highest BCUT2D eigenvalue weighted by molar-refractivity contribution is 7.87. The first-order chi connectivity index (χ1) is 27.1. The highest BCUT2D eigenvalue weighted by Crippen LogP contribution is 2.88. The number of rotatable bonds is 15. The number of carbonyl (C=O) groups excluding carboxylic acids is 5. The molecule has 3 aliphatic heterocycles. The molecule has 0 bridgehead atoms. The maximum absolute atomic E-state index is 15.3. The van der Waals surface area contributed by atoms with Gasteiger partial charge in [-0.3, -0.25) is 28.9 Å². The Morgan fingerprint density at radius 3 is 2.05 bits per heavy atom. The molecule has 6 atom stereocenters. The Hall–Kier alpha value is -2.64. The van der Waals surface area contributed by atoms with Crippen molar-refractivity contribution in [3.05, 3.63) is 12.7 Å². The number of likely N-dealkylation sites (tertiary alicyclic amines) is 2. The van der Waals surface area contributed by atoms with Crippen LogP contribution in [0.5, 0.6) is 0 Å². The van der Waals surface area contributed by atoms with Crippen LogP contribution in [0.3, 0.4) is 0 Å². The normalized spacial score (nSPS) is 32.0. The molecule has 3 saturated heterocycles. The molecule has 58 heavy (non-hydrogen) atoms. The van der Waals surface area contributed by atoms with E-state index in [1.165, 1.54) is 4.31 Å². The van der Waals surface area contributed by atoms with E-state index in [0.29, 0.717) is 51.6 Å². The summed E-state index contributed by atoms with van der Waals surface area (Å²) in [4.78, 5) is 76.3. The molecule has 0 aromatic rings. The van der Waals surface area contributed by atoms with E-state index in [9.17, 15) is 27.6 Å². The summed E-state index contributed by atoms with van der Waals surface area (Å²) < 4.78 is 30.0. The summed E-state index contributed by atoms with van der Waals surface area (Å²) in [6, 6.07) is -1.11. The van der Waals surface area contributed by atoms with Crippen molar-refractivity contribution in [2.75, 3.05) is 32.7 Å². The third-order valence-corrected chi connectivity index (χ3v) is 18.5. The lowest BCUT2D eigenvalue weighted by Gasteiger charge is -2.42. The average Bonchev–Trinajstić information content (AvgIpc) is 3.57. The van der Waals surface area contributed by atoms with Gasteiger partial charge in [-0.2, -0.15) is 12.7 Å². The molecule has 2 spiro atoms. The number of hydrogen-bond acceptors (Lipinski definition) is 8. The van der Waals surface area contributed by atoms with Crippen LogP contribution >= 0.6 is 0 Å². The van der Waals surface area contributed by atoms with Crippen LogP contribution in [0, 0.1) is 50.7 Å². The van der Waals surface area contributed by atoms with E-state index in [2.05, 4.69) is 49.2 Å². The predicted octanol–water partition coefficient (Wildman–Crippen LogP) is 5.42. The van der Waals surface area contributed by atoms with Gasteiger partial charge in [0, 0.05) is 62.9 Å². The number of fused-ring (bicyclic) bond motifs is 1. The number of ketones is 2. The summed E-state index contributed by atoms with van der Waals surface area (Å²) in [5, 5.41) is 3.20. The number of allylic oxidation sites excluding steroid dienone is 1. The molecule has 0 unspecified atom stereocenters. The van der Waals surface area contributed by atoms with Crippen molar-refractivity contribution < 1.29 is 32.4 Å². The van der Waals surface area contributed by atoms with Gasteiger partial charge in [0.25, 0.3) is 0 Å². The SMILES string of the molecule is C=C[C@@H]1C[C@]1(CC(=O)[C@@H]1C[C@@]2(CN1C(=O)[C@@H](CC(=O)[C@@H](NC(=O)C1CN(C(C)C)C1)C1CCCCC1)C(C)(C)C)C(C)(C)C21CCC1)C(=O)NS(=O)(=O)N1CCCC1. The van der Waals surface area contributed by atoms with Crippen LogP contribution in [0.1, 0.15) is 138 Å². The number of amides is 3. The molecule has 0 aromatic carbocycles. The summed E-state index contributed by atoms with van der Waals surface area (Å²) in [5.74, 6) is -2.58. The third-order valence-electron chi connectivity index (χ3n) is 17.0. The number of nitrogens with zero attached hydrogens (tertiary/aromatic N) is 3. The van der Waals surface area contributed by atoms with Gasteiger partial charge >= 0.3 is 10.2 Å². The predicted molar refractivity (Wildman–Crippen MR) is 222 cm³/mol. The highest BCUT2D eigenvalue weighted by Gasteiger charge is 2.85. The topological polar surface area (TPSA) is 153 Å². The summed E-state index contributed by atoms with van der Waals surface area (Å²) in [6.45, 7) is 21.0. The first-order valence-electron chi connectivity index (χ1n) is 22.5. The number of hydrogen-bond donors (Lipinski definition) is 2. The van der Waals surface area contributed by atoms with Gasteiger partial charge in [-0.05, 0) is 93.3 Å². The van der Waals surface area contributed by atoms with E-state index >= 15 is 4.79 Å². The van der Waals surface area contributed by atoms with Gasteiger partial charge in [-0.1, -0.05) is 66.4 Å². The van der Waals surface area contributed by atoms with Crippen LogP contribution in [0.25, 0.3) is 0 Å². The van der Waals surface area contributed by atoms with E-state index < -0.39 is 44.9 Å². The van der Waals surface area contributed by atoms with E-state index in [1.807, 2.05) is 20.8 Å². The van der Waals surface area contributed by atoms with E-state index in [1.54, 1.807) is 11.0 Å². The van der Waals surface area contributed by atoms with Crippen molar-refractivity contribution in [3.63, 3.8) is 0 Å². The Bertz CT molecular complexity index is 1780. The largest absolute Gasteiger partial charge is 0.346 e. The van der Waals surface area contributed by atoms with Crippen molar-refractivity contribution in [1.29, 1.82) is 0 Å². The van der Waals surface area contributed by atoms with E-state index in [0.717, 1.165) is 64.2 Å². The lowest BCUT2D eigenvalue weighted by molar-refractivity contribution is -0.147. The Morgan fingerprint density at radius 1 is 0.897 bits per heavy atom. The lowest BCUT2D eigenvalue weighted by Crippen LogP contribution is -2.59. The molecule has 7 fully saturated rings. The number of nitrogens with one attached hydrogen (secondary N) is 2. The van der Waals surface area contributed by atoms with Crippen LogP contribution in [-0.4, -0.2) is 103 Å². The average molecular weight is 826 g/mol. The van der Waals surface area contributed by atoms with Crippen LogP contribution in [0.2, 0.25) is 0 Å². The Balaban J connectivity index is 1.14. The molecule has 4 aliphatic carbocycles. The molecule has 7 rings (SSSR count). The molecule has 2 N–H and O–H groups in total. The fourth-order valence-electron chi connectivity index (χ4n) is 12.5. The number of carbonyl (C=O) groups is 5. The minimum atomic E-state index is -4.06. The molecule has 3 heterocycles. The zero-order valence-electron chi connectivity index (χ0n) is 36.4. The standard InChI is InChI=1S/C45H71N5O7S/c1-9-32-23-43(32,40(55)47-58(56,57)49-20-13-14-21-49)25-36(52)34-24-45(42(7,8)44(45)18-15-19-44)28-50(34)39(54)33(41(4,5)6)22-35(51)37(30-16-11-10-12-17-30)46-38(53)31-26-48(27-31)29(2)3/h9,29-34,37H,1,10-28H2,2-8H3,(H,46,53)(H,47,55)/t32-,33-,34+,37+,43-,45-/m1/s1. The maximum atomic E-state index is 15.3. The third kappa shape index (κ3) is 7.22. The van der Waals surface area contributed by atoms with Gasteiger partial charge in [0.2, 0.25) is 17.7 Å². The molecule has 0 radical (unpaired) electrons. The fourth-order valence-corrected chi connectivity index (χ4v) is 13.8. The van der Waals surface area contributed by atoms with Gasteiger partial charge in [0.15, 0.2) is 11.6 Å². The van der Waals surface area contributed by atoms with Crippen LogP contribution in [0.4, 0.5) is 0 Å². The second kappa shape index (κ2) is 15.4. The van der Waals surface area contributed by atoms with Crippen molar-refractivity contribution in [2.45, 2.75) is 156 Å². The second-order valence-corrected chi connectivity index (χ2v) is 23.1. The Kier molecular flexibility index (Phi) is 11.5. The minimum Gasteiger partial charge on any atom is -0.346 e. The van der Waals surface area contributed by atoms with Crippen LogP contribution < -0.4 is 10.0 Å².